The van der Waals surface area contributed by atoms with E-state index in [2.05, 4.69) is 5.32 Å². The van der Waals surface area contributed by atoms with Gasteiger partial charge in [-0.1, -0.05) is 18.2 Å². The monoisotopic (exact) mass is 316 g/mol. The van der Waals surface area contributed by atoms with Crippen LogP contribution in [0.25, 0.3) is 0 Å². The van der Waals surface area contributed by atoms with Gasteiger partial charge in [0, 0.05) is 16.3 Å². The van der Waals surface area contributed by atoms with Crippen molar-refractivity contribution in [1.29, 1.82) is 0 Å². The summed E-state index contributed by atoms with van der Waals surface area (Å²) in [6.07, 6.45) is 1.95. The fraction of sp³-hybridized carbons (Fsp3) is 0.125. The summed E-state index contributed by atoms with van der Waals surface area (Å²) in [7, 11) is 0. The zero-order valence-electron chi connectivity index (χ0n) is 12.0. The average Bonchev–Trinajstić information content (AvgIpc) is 2.53. The van der Waals surface area contributed by atoms with Gasteiger partial charge in [-0.25, -0.2) is 4.79 Å². The van der Waals surface area contributed by atoms with E-state index in [-0.39, 0.29) is 12.2 Å². The maximum Gasteiger partial charge on any atom is 0.340 e. The number of hydrogen-bond donors (Lipinski definition) is 2. The highest BCUT2D eigenvalue weighted by molar-refractivity contribution is 7.98. The number of anilines is 2. The highest BCUT2D eigenvalue weighted by Crippen LogP contribution is 2.19. The van der Waals surface area contributed by atoms with Crippen molar-refractivity contribution in [2.45, 2.75) is 4.90 Å². The summed E-state index contributed by atoms with van der Waals surface area (Å²) in [4.78, 5) is 24.7. The minimum atomic E-state index is -0.619. The molecule has 5 nitrogen and oxygen atoms in total. The summed E-state index contributed by atoms with van der Waals surface area (Å²) in [6.45, 7) is -0.364. The first-order chi connectivity index (χ1) is 10.6. The number of carbonyl (C=O) groups is 2. The number of amides is 1. The number of nitrogens with two attached hydrogens (primary N) is 1. The number of nitrogens with one attached hydrogen (secondary N) is 1. The lowest BCUT2D eigenvalue weighted by atomic mass is 10.2. The van der Waals surface area contributed by atoms with Crippen molar-refractivity contribution in [2.24, 2.45) is 0 Å². The summed E-state index contributed by atoms with van der Waals surface area (Å²) in [6, 6.07) is 14.0. The molecule has 0 spiro atoms. The molecule has 0 aliphatic carbocycles. The predicted molar refractivity (Wildman–Crippen MR) is 88.0 cm³/mol. The molecular formula is C16H16N2O3S. The largest absolute Gasteiger partial charge is 0.452 e. The van der Waals surface area contributed by atoms with Crippen LogP contribution in [0, 0.1) is 0 Å². The van der Waals surface area contributed by atoms with Gasteiger partial charge in [0.05, 0.1) is 5.56 Å². The van der Waals surface area contributed by atoms with Crippen molar-refractivity contribution < 1.29 is 14.3 Å². The molecule has 2 aromatic carbocycles. The molecule has 0 atom stereocenters. The van der Waals surface area contributed by atoms with Gasteiger partial charge in [0.15, 0.2) is 6.61 Å². The normalized spacial score (nSPS) is 10.0. The number of carbonyl (C=O) groups excluding carboxylic acids is 2. The Hall–Kier alpha value is -2.47. The molecule has 2 rings (SSSR count). The number of benzene rings is 2. The minimum absolute atomic E-state index is 0.250. The van der Waals surface area contributed by atoms with Gasteiger partial charge >= 0.3 is 5.97 Å². The van der Waals surface area contributed by atoms with Crippen molar-refractivity contribution in [3.05, 3.63) is 54.1 Å². The van der Waals surface area contributed by atoms with Crippen LogP contribution in [0.4, 0.5) is 11.4 Å². The molecule has 0 radical (unpaired) electrons. The van der Waals surface area contributed by atoms with Crippen LogP contribution >= 0.6 is 11.8 Å². The summed E-state index contributed by atoms with van der Waals surface area (Å²) < 4.78 is 4.96. The zero-order chi connectivity index (χ0) is 15.9. The Morgan fingerprint density at radius 2 is 1.95 bits per heavy atom. The van der Waals surface area contributed by atoms with Gasteiger partial charge in [0.1, 0.15) is 0 Å². The number of thioether (sulfide) groups is 1. The molecule has 0 bridgehead atoms. The molecule has 1 amide bonds. The lowest BCUT2D eigenvalue weighted by Crippen LogP contribution is -2.21. The molecule has 22 heavy (non-hydrogen) atoms. The Kier molecular flexibility index (Phi) is 5.43. The average molecular weight is 316 g/mol. The van der Waals surface area contributed by atoms with Crippen LogP contribution in [-0.2, 0) is 9.53 Å². The molecule has 0 saturated heterocycles. The highest BCUT2D eigenvalue weighted by atomic mass is 32.2. The van der Waals surface area contributed by atoms with Gasteiger partial charge in [-0.15, -0.1) is 11.8 Å². The Bertz CT molecular complexity index is 689. The van der Waals surface area contributed by atoms with E-state index < -0.39 is 11.9 Å². The van der Waals surface area contributed by atoms with Crippen LogP contribution in [0.3, 0.4) is 0 Å². The van der Waals surface area contributed by atoms with Gasteiger partial charge in [-0.3, -0.25) is 4.79 Å². The Balaban J connectivity index is 1.90. The summed E-state index contributed by atoms with van der Waals surface area (Å²) >= 11 is 1.58. The molecule has 2 aromatic rings. The van der Waals surface area contributed by atoms with Gasteiger partial charge in [-0.2, -0.15) is 0 Å². The SMILES string of the molecule is CSc1cccc(NC(=O)COC(=O)c2ccccc2N)c1. The van der Waals surface area contributed by atoms with Crippen LogP contribution in [0.5, 0.6) is 0 Å². The molecule has 0 aromatic heterocycles. The standard InChI is InChI=1S/C16H16N2O3S/c1-22-12-6-4-5-11(9-12)18-15(19)10-21-16(20)13-7-2-3-8-14(13)17/h2-9H,10,17H2,1H3,(H,18,19). The van der Waals surface area contributed by atoms with Crippen LogP contribution in [0.2, 0.25) is 0 Å². The van der Waals surface area contributed by atoms with Crippen molar-refractivity contribution in [1.82, 2.24) is 0 Å². The zero-order valence-corrected chi connectivity index (χ0v) is 12.9. The van der Waals surface area contributed by atoms with Crippen molar-refractivity contribution in [2.75, 3.05) is 23.9 Å². The second-order valence-corrected chi connectivity index (χ2v) is 5.32. The molecule has 0 aliphatic heterocycles. The summed E-state index contributed by atoms with van der Waals surface area (Å²) in [5.41, 5.74) is 6.91. The Morgan fingerprint density at radius 3 is 2.68 bits per heavy atom. The van der Waals surface area contributed by atoms with Gasteiger partial charge in [0.2, 0.25) is 0 Å². The molecule has 3 N–H and O–H groups in total. The molecule has 6 heteroatoms. The fourth-order valence-corrected chi connectivity index (χ4v) is 2.25. The molecule has 114 valence electrons. The quantitative estimate of drug-likeness (QED) is 0.503. The van der Waals surface area contributed by atoms with Gasteiger partial charge in [0.25, 0.3) is 5.91 Å². The molecule has 0 aliphatic rings. The summed E-state index contributed by atoms with van der Waals surface area (Å²) in [5.74, 6) is -1.02. The predicted octanol–water partition coefficient (Wildman–Crippen LogP) is 2.79. The maximum atomic E-state index is 11.8. The van der Waals surface area contributed by atoms with E-state index in [9.17, 15) is 9.59 Å². The number of rotatable bonds is 5. The fourth-order valence-electron chi connectivity index (χ4n) is 1.79. The van der Waals surface area contributed by atoms with Crippen LogP contribution < -0.4 is 11.1 Å². The number of ether oxygens (including phenoxy) is 1. The van der Waals surface area contributed by atoms with Crippen molar-refractivity contribution in [3.63, 3.8) is 0 Å². The third kappa shape index (κ3) is 4.26. The molecular weight excluding hydrogens is 300 g/mol. The summed E-state index contributed by atoms with van der Waals surface area (Å²) in [5, 5.41) is 2.68. The molecule has 0 fully saturated rings. The smallest absolute Gasteiger partial charge is 0.340 e. The lowest BCUT2D eigenvalue weighted by molar-refractivity contribution is -0.119. The van der Waals surface area contributed by atoms with E-state index >= 15 is 0 Å². The van der Waals surface area contributed by atoms with E-state index in [1.165, 1.54) is 0 Å². The minimum Gasteiger partial charge on any atom is -0.452 e. The Labute approximate surface area is 132 Å². The number of esters is 1. The highest BCUT2D eigenvalue weighted by Gasteiger charge is 2.12. The third-order valence-corrected chi connectivity index (χ3v) is 3.59. The first-order valence-corrected chi connectivity index (χ1v) is 7.78. The molecule has 0 heterocycles. The van der Waals surface area contributed by atoms with E-state index in [1.54, 1.807) is 42.1 Å². The maximum absolute atomic E-state index is 11.8. The number of para-hydroxylation sites is 1. The molecule has 0 saturated carbocycles. The van der Waals surface area contributed by atoms with Crippen LogP contribution in [0.15, 0.2) is 53.4 Å². The second-order valence-electron chi connectivity index (χ2n) is 4.44. The number of nitrogen functional groups attached to an aromatic ring is 1. The van der Waals surface area contributed by atoms with Gasteiger partial charge < -0.3 is 15.8 Å². The van der Waals surface area contributed by atoms with Gasteiger partial charge in [-0.05, 0) is 36.6 Å². The van der Waals surface area contributed by atoms with E-state index in [4.69, 9.17) is 10.5 Å². The van der Waals surface area contributed by atoms with E-state index in [0.717, 1.165) is 4.90 Å². The van der Waals surface area contributed by atoms with Crippen LogP contribution in [0.1, 0.15) is 10.4 Å². The topological polar surface area (TPSA) is 81.4 Å². The van der Waals surface area contributed by atoms with Crippen molar-refractivity contribution in [3.8, 4) is 0 Å². The molecule has 0 unspecified atom stereocenters. The Morgan fingerprint density at radius 1 is 1.18 bits per heavy atom. The first kappa shape index (κ1) is 15.9. The lowest BCUT2D eigenvalue weighted by Gasteiger charge is -2.08. The first-order valence-electron chi connectivity index (χ1n) is 6.55. The van der Waals surface area contributed by atoms with Crippen molar-refractivity contribution >= 4 is 35.0 Å². The third-order valence-electron chi connectivity index (χ3n) is 2.87. The van der Waals surface area contributed by atoms with Crippen LogP contribution in [-0.4, -0.2) is 24.7 Å². The van der Waals surface area contributed by atoms with E-state index in [1.807, 2.05) is 24.5 Å². The number of hydrogen-bond acceptors (Lipinski definition) is 5. The van der Waals surface area contributed by atoms with E-state index in [0.29, 0.717) is 11.4 Å². The second kappa shape index (κ2) is 7.51.